The number of hydrogen-bond acceptors (Lipinski definition) is 6. The maximum absolute atomic E-state index is 11.5. The molecule has 0 aromatic heterocycles. The zero-order valence-electron chi connectivity index (χ0n) is 12.9. The molecule has 0 aromatic carbocycles. The van der Waals surface area contributed by atoms with Crippen LogP contribution in [0.15, 0.2) is 0 Å². The number of rotatable bonds is 11. The summed E-state index contributed by atoms with van der Waals surface area (Å²) < 4.78 is 46.0. The Labute approximate surface area is 142 Å². The summed E-state index contributed by atoms with van der Waals surface area (Å²) in [6, 6.07) is 0. The second-order valence-corrected chi connectivity index (χ2v) is 12.5. The summed E-state index contributed by atoms with van der Waals surface area (Å²) >= 11 is 0. The molecular weight excluding hydrogens is 428 g/mol. The van der Waals surface area contributed by atoms with Gasteiger partial charge in [-0.2, -0.15) is 0 Å². The molecule has 0 aliphatic heterocycles. The van der Waals surface area contributed by atoms with Gasteiger partial charge in [0, 0.05) is 13.1 Å². The van der Waals surface area contributed by atoms with Gasteiger partial charge in [-0.25, -0.2) is 0 Å². The Morgan fingerprint density at radius 3 is 1.28 bits per heavy atom. The second kappa shape index (κ2) is 9.14. The van der Waals surface area contributed by atoms with E-state index >= 15 is 0 Å². The van der Waals surface area contributed by atoms with Crippen LogP contribution >= 0.6 is 30.4 Å². The van der Waals surface area contributed by atoms with Crippen molar-refractivity contribution in [3.05, 3.63) is 0 Å². The largest absolute Gasteiger partial charge is 0.355 e. The van der Waals surface area contributed by atoms with Crippen LogP contribution in [0.5, 0.6) is 0 Å². The molecule has 18 heteroatoms. The average Bonchev–Trinajstić information content (AvgIpc) is 2.26. The first-order valence-electron chi connectivity index (χ1n) is 6.61. The fourth-order valence-electron chi connectivity index (χ4n) is 2.02. The Bertz CT molecular complexity index is 525. The molecule has 0 aliphatic rings. The molecule has 0 amide bonds. The molecule has 0 unspecified atom stereocenters. The van der Waals surface area contributed by atoms with Crippen molar-refractivity contribution in [1.82, 2.24) is 10.2 Å². The van der Waals surface area contributed by atoms with E-state index in [0.29, 0.717) is 13.0 Å². The third-order valence-electron chi connectivity index (χ3n) is 2.77. The van der Waals surface area contributed by atoms with E-state index in [-0.39, 0.29) is 11.4 Å². The summed E-state index contributed by atoms with van der Waals surface area (Å²) in [5.74, 6) is 0. The molecule has 0 aromatic rings. The summed E-state index contributed by atoms with van der Waals surface area (Å²) in [7, 11) is -23.0. The first kappa shape index (κ1) is 25.5. The lowest BCUT2D eigenvalue weighted by Gasteiger charge is -2.37. The maximum atomic E-state index is 11.5. The Morgan fingerprint density at radius 1 is 0.720 bits per heavy atom. The minimum atomic E-state index is -5.75. The standard InChI is InChI=1S/C7H22N2O12P4/c1-2-3-8-4-5-9(6(22(10,11)12)23(13,14)15)7(24(16,17)18)25(19,20)21/h6-8H,2-5H2,1H3,(H2,10,11,12)(H2,13,14,15)(H2,16,17,18)(H2,19,20,21). The van der Waals surface area contributed by atoms with E-state index in [0.717, 1.165) is 0 Å². The summed E-state index contributed by atoms with van der Waals surface area (Å²) in [6.07, 6.45) is 0.584. The van der Waals surface area contributed by atoms with E-state index in [2.05, 4.69) is 5.32 Å². The van der Waals surface area contributed by atoms with E-state index in [9.17, 15) is 57.4 Å². The van der Waals surface area contributed by atoms with Crippen LogP contribution in [0.1, 0.15) is 13.3 Å². The van der Waals surface area contributed by atoms with Crippen molar-refractivity contribution < 1.29 is 57.4 Å². The van der Waals surface area contributed by atoms with Gasteiger partial charge in [0.15, 0.2) is 0 Å². The Kier molecular flexibility index (Phi) is 9.33. The van der Waals surface area contributed by atoms with Gasteiger partial charge >= 0.3 is 30.4 Å². The van der Waals surface area contributed by atoms with Crippen LogP contribution in [0, 0.1) is 0 Å². The van der Waals surface area contributed by atoms with Gasteiger partial charge in [0.05, 0.1) is 0 Å². The van der Waals surface area contributed by atoms with Crippen LogP contribution in [-0.2, 0) is 18.3 Å². The predicted molar refractivity (Wildman–Crippen MR) is 85.6 cm³/mol. The van der Waals surface area contributed by atoms with E-state index < -0.39 is 48.0 Å². The molecule has 0 heterocycles. The fourth-order valence-corrected chi connectivity index (χ4v) is 8.12. The monoisotopic (exact) mass is 450 g/mol. The predicted octanol–water partition coefficient (Wildman–Crippen LogP) is -1.43. The molecule has 0 saturated heterocycles. The van der Waals surface area contributed by atoms with Crippen LogP contribution in [0.2, 0.25) is 0 Å². The van der Waals surface area contributed by atoms with Gasteiger partial charge < -0.3 is 44.5 Å². The van der Waals surface area contributed by atoms with Gasteiger partial charge in [-0.1, -0.05) is 6.92 Å². The topological polar surface area (TPSA) is 245 Å². The molecule has 0 rings (SSSR count). The lowest BCUT2D eigenvalue weighted by atomic mass is 10.4. The molecule has 25 heavy (non-hydrogen) atoms. The molecule has 0 atom stereocenters. The minimum absolute atomic E-state index is 0.203. The van der Waals surface area contributed by atoms with E-state index in [4.69, 9.17) is 0 Å². The molecule has 0 radical (unpaired) electrons. The zero-order chi connectivity index (χ0) is 20.3. The van der Waals surface area contributed by atoms with Crippen molar-refractivity contribution in [2.24, 2.45) is 0 Å². The van der Waals surface area contributed by atoms with E-state index in [1.165, 1.54) is 0 Å². The van der Waals surface area contributed by atoms with Gasteiger partial charge in [-0.15, -0.1) is 0 Å². The lowest BCUT2D eigenvalue weighted by Crippen LogP contribution is -2.46. The molecule has 0 spiro atoms. The summed E-state index contributed by atoms with van der Waals surface area (Å²) in [6.45, 7) is 0.913. The van der Waals surface area contributed by atoms with Crippen LogP contribution in [0.4, 0.5) is 0 Å². The van der Waals surface area contributed by atoms with Gasteiger partial charge in [-0.05, 0) is 13.0 Å². The van der Waals surface area contributed by atoms with E-state index in [1.54, 1.807) is 6.92 Å². The highest BCUT2D eigenvalue weighted by Crippen LogP contribution is 2.68. The Hall–Kier alpha value is 0.520. The van der Waals surface area contributed by atoms with Gasteiger partial charge in [0.2, 0.25) is 11.0 Å². The van der Waals surface area contributed by atoms with Crippen molar-refractivity contribution in [3.63, 3.8) is 0 Å². The third-order valence-corrected chi connectivity index (χ3v) is 9.97. The SMILES string of the molecule is CCCNCCN(C(P(=O)(O)O)P(=O)(O)O)C(P(=O)(O)O)P(=O)(O)O. The van der Waals surface area contributed by atoms with Crippen LogP contribution < -0.4 is 5.32 Å². The lowest BCUT2D eigenvalue weighted by molar-refractivity contribution is 0.201. The molecule has 152 valence electrons. The van der Waals surface area contributed by atoms with Crippen molar-refractivity contribution in [2.45, 2.75) is 24.4 Å². The molecule has 14 nitrogen and oxygen atoms in total. The highest BCUT2D eigenvalue weighted by Gasteiger charge is 2.58. The smallest absolute Gasteiger partial charge is 0.323 e. The number of hydrogen-bond donors (Lipinski definition) is 9. The van der Waals surface area contributed by atoms with Crippen molar-refractivity contribution in [3.8, 4) is 0 Å². The molecule has 0 saturated carbocycles. The quantitative estimate of drug-likeness (QED) is 0.129. The zero-order valence-corrected chi connectivity index (χ0v) is 16.5. The maximum Gasteiger partial charge on any atom is 0.355 e. The first-order chi connectivity index (χ1) is 10.9. The van der Waals surface area contributed by atoms with Gasteiger partial charge in [0.1, 0.15) is 0 Å². The molecule has 0 fully saturated rings. The van der Waals surface area contributed by atoms with Crippen LogP contribution in [0.3, 0.4) is 0 Å². The Morgan fingerprint density at radius 2 is 1.04 bits per heavy atom. The van der Waals surface area contributed by atoms with Crippen LogP contribution in [0.25, 0.3) is 0 Å². The number of nitrogens with one attached hydrogen (secondary N) is 1. The van der Waals surface area contributed by atoms with Crippen LogP contribution in [-0.4, -0.2) is 74.7 Å². The summed E-state index contributed by atoms with van der Waals surface area (Å²) in [5.41, 5.74) is -6.26. The Balaban J connectivity index is 6.22. The van der Waals surface area contributed by atoms with Crippen molar-refractivity contribution in [1.29, 1.82) is 0 Å². The summed E-state index contributed by atoms with van der Waals surface area (Å²) in [4.78, 5) is 73.5. The summed E-state index contributed by atoms with van der Waals surface area (Å²) in [5, 5.41) is 2.63. The fraction of sp³-hybridized carbons (Fsp3) is 1.00. The molecular formula is C7H22N2O12P4. The highest BCUT2D eigenvalue weighted by atomic mass is 31.2. The van der Waals surface area contributed by atoms with E-state index in [1.807, 2.05) is 0 Å². The number of nitrogens with zero attached hydrogens (tertiary/aromatic N) is 1. The van der Waals surface area contributed by atoms with Gasteiger partial charge in [-0.3, -0.25) is 23.2 Å². The van der Waals surface area contributed by atoms with Crippen molar-refractivity contribution in [2.75, 3.05) is 19.6 Å². The average molecular weight is 450 g/mol. The molecule has 0 bridgehead atoms. The normalized spacial score (nSPS) is 14.7. The van der Waals surface area contributed by atoms with Crippen molar-refractivity contribution >= 4 is 30.4 Å². The molecule has 9 N–H and O–H groups in total. The highest BCUT2D eigenvalue weighted by molar-refractivity contribution is 7.72. The third kappa shape index (κ3) is 8.38. The minimum Gasteiger partial charge on any atom is -0.323 e. The molecule has 0 aliphatic carbocycles. The second-order valence-electron chi connectivity index (χ2n) is 5.04. The van der Waals surface area contributed by atoms with Gasteiger partial charge in [0.25, 0.3) is 0 Å². The first-order valence-corrected chi connectivity index (χ1v) is 13.3.